The van der Waals surface area contributed by atoms with Crippen molar-refractivity contribution in [1.82, 2.24) is 19.9 Å². The van der Waals surface area contributed by atoms with E-state index in [0.717, 1.165) is 20.0 Å². The van der Waals surface area contributed by atoms with Gasteiger partial charge in [0.1, 0.15) is 11.2 Å². The summed E-state index contributed by atoms with van der Waals surface area (Å²) in [5, 5.41) is 11.6. The summed E-state index contributed by atoms with van der Waals surface area (Å²) >= 11 is 8.52. The lowest BCUT2D eigenvalue weighted by atomic mass is 9.76. The minimum atomic E-state index is -0.960. The molecule has 1 N–H and O–H groups in total. The smallest absolute Gasteiger partial charge is 0.223 e. The average Bonchev–Trinajstić information content (AvgIpc) is 2.73. The van der Waals surface area contributed by atoms with Gasteiger partial charge in [0.2, 0.25) is 5.28 Å². The van der Waals surface area contributed by atoms with Gasteiger partial charge >= 0.3 is 0 Å². The number of nitrogens with zero attached hydrogens (tertiary/aromatic N) is 4. The first-order chi connectivity index (χ1) is 13.6. The Hall–Kier alpha value is -2.16. The highest BCUT2D eigenvalue weighted by Gasteiger charge is 2.40. The number of hydrogen-bond acceptors (Lipinski definition) is 5. The lowest BCUT2D eigenvalue weighted by molar-refractivity contribution is 0.209. The SMILES string of the molecule is OCC(Cc1ccccc1)(c1ncccn1)c1nc(Cl)nc2ccc(I)cc12. The molecule has 0 spiro atoms. The summed E-state index contributed by atoms with van der Waals surface area (Å²) in [6.45, 7) is -0.222. The van der Waals surface area contributed by atoms with Crippen LogP contribution in [0, 0.1) is 3.57 Å². The van der Waals surface area contributed by atoms with Gasteiger partial charge in [0.15, 0.2) is 0 Å². The van der Waals surface area contributed by atoms with E-state index in [1.165, 1.54) is 0 Å². The number of fused-ring (bicyclic) bond motifs is 1. The van der Waals surface area contributed by atoms with Crippen LogP contribution in [0.15, 0.2) is 67.0 Å². The fourth-order valence-corrected chi connectivity index (χ4v) is 4.06. The quantitative estimate of drug-likeness (QED) is 0.327. The Morgan fingerprint density at radius 1 is 0.964 bits per heavy atom. The van der Waals surface area contributed by atoms with Gasteiger partial charge in [-0.25, -0.2) is 19.9 Å². The summed E-state index contributed by atoms with van der Waals surface area (Å²) in [4.78, 5) is 17.9. The monoisotopic (exact) mass is 502 g/mol. The second-order valence-electron chi connectivity index (χ2n) is 6.48. The van der Waals surface area contributed by atoms with E-state index in [-0.39, 0.29) is 11.9 Å². The first kappa shape index (κ1) is 19.2. The molecule has 4 aromatic rings. The molecule has 0 fully saturated rings. The molecule has 140 valence electrons. The maximum Gasteiger partial charge on any atom is 0.223 e. The lowest BCUT2D eigenvalue weighted by Gasteiger charge is -2.31. The van der Waals surface area contributed by atoms with E-state index in [4.69, 9.17) is 11.6 Å². The molecule has 0 aliphatic heterocycles. The van der Waals surface area contributed by atoms with E-state index < -0.39 is 5.41 Å². The van der Waals surface area contributed by atoms with Crippen LogP contribution < -0.4 is 0 Å². The van der Waals surface area contributed by atoms with Gasteiger partial charge in [-0.05, 0) is 70.4 Å². The van der Waals surface area contributed by atoms with Gasteiger partial charge in [0, 0.05) is 21.4 Å². The van der Waals surface area contributed by atoms with Crippen molar-refractivity contribution < 1.29 is 5.11 Å². The average molecular weight is 503 g/mol. The molecule has 5 nitrogen and oxygen atoms in total. The number of aliphatic hydroxyl groups is 1. The molecule has 1 atom stereocenters. The zero-order valence-electron chi connectivity index (χ0n) is 14.8. The molecule has 2 aromatic heterocycles. The maximum absolute atomic E-state index is 10.7. The third-order valence-electron chi connectivity index (χ3n) is 4.70. The van der Waals surface area contributed by atoms with Crippen LogP contribution in [0.2, 0.25) is 5.28 Å². The highest BCUT2D eigenvalue weighted by atomic mass is 127. The molecule has 0 bridgehead atoms. The van der Waals surface area contributed by atoms with Crippen molar-refractivity contribution in [3.05, 3.63) is 92.9 Å². The number of aromatic nitrogens is 4. The van der Waals surface area contributed by atoms with E-state index in [0.29, 0.717) is 17.9 Å². The lowest BCUT2D eigenvalue weighted by Crippen LogP contribution is -2.38. The van der Waals surface area contributed by atoms with Crippen LogP contribution in [-0.4, -0.2) is 31.6 Å². The minimum absolute atomic E-state index is 0.130. The molecule has 2 aromatic carbocycles. The zero-order valence-corrected chi connectivity index (χ0v) is 17.7. The van der Waals surface area contributed by atoms with Crippen molar-refractivity contribution in [1.29, 1.82) is 0 Å². The Balaban J connectivity index is 2.04. The Morgan fingerprint density at radius 3 is 2.43 bits per heavy atom. The van der Waals surface area contributed by atoms with Crippen molar-refractivity contribution in [3.63, 3.8) is 0 Å². The largest absolute Gasteiger partial charge is 0.395 e. The molecule has 0 radical (unpaired) electrons. The van der Waals surface area contributed by atoms with Crippen LogP contribution in [0.3, 0.4) is 0 Å². The molecule has 28 heavy (non-hydrogen) atoms. The van der Waals surface area contributed by atoms with Gasteiger partial charge in [0.05, 0.1) is 17.8 Å². The Labute approximate surface area is 181 Å². The molecule has 2 heterocycles. The standard InChI is InChI=1S/C21H16ClIN4O/c22-20-26-17-8-7-15(23)11-16(17)18(27-20)21(13-28,19-24-9-4-10-25-19)12-14-5-2-1-3-6-14/h1-11,28H,12-13H2. The summed E-state index contributed by atoms with van der Waals surface area (Å²) in [6, 6.07) is 17.6. The second-order valence-corrected chi connectivity index (χ2v) is 8.06. The van der Waals surface area contributed by atoms with Gasteiger partial charge in [-0.15, -0.1) is 0 Å². The van der Waals surface area contributed by atoms with Crippen LogP contribution in [-0.2, 0) is 11.8 Å². The normalized spacial score (nSPS) is 13.4. The van der Waals surface area contributed by atoms with E-state index in [2.05, 4.69) is 42.5 Å². The summed E-state index contributed by atoms with van der Waals surface area (Å²) < 4.78 is 1.04. The van der Waals surface area contributed by atoms with Gasteiger partial charge in [-0.2, -0.15) is 0 Å². The van der Waals surface area contributed by atoms with E-state index in [9.17, 15) is 5.11 Å². The summed E-state index contributed by atoms with van der Waals surface area (Å²) in [5.74, 6) is 0.497. The molecule has 0 aliphatic rings. The number of halogens is 2. The predicted octanol–water partition coefficient (Wildman–Crippen LogP) is 4.20. The zero-order chi connectivity index (χ0) is 19.6. The minimum Gasteiger partial charge on any atom is -0.395 e. The summed E-state index contributed by atoms with van der Waals surface area (Å²) in [5.41, 5.74) is 1.42. The summed E-state index contributed by atoms with van der Waals surface area (Å²) in [7, 11) is 0. The van der Waals surface area contributed by atoms with Crippen molar-refractivity contribution in [2.75, 3.05) is 6.61 Å². The van der Waals surface area contributed by atoms with E-state index in [1.807, 2.05) is 48.5 Å². The third kappa shape index (κ3) is 3.59. The van der Waals surface area contributed by atoms with E-state index in [1.54, 1.807) is 18.5 Å². The van der Waals surface area contributed by atoms with Crippen LogP contribution in [0.1, 0.15) is 17.1 Å². The molecule has 0 aliphatic carbocycles. The highest BCUT2D eigenvalue weighted by molar-refractivity contribution is 14.1. The topological polar surface area (TPSA) is 71.8 Å². The molecule has 0 saturated heterocycles. The Morgan fingerprint density at radius 2 is 1.71 bits per heavy atom. The second kappa shape index (κ2) is 8.06. The van der Waals surface area contributed by atoms with Crippen molar-refractivity contribution in [2.45, 2.75) is 11.8 Å². The van der Waals surface area contributed by atoms with Crippen molar-refractivity contribution in [3.8, 4) is 0 Å². The van der Waals surface area contributed by atoms with Crippen molar-refractivity contribution >= 4 is 45.1 Å². The molecular formula is C21H16ClIN4O. The van der Waals surface area contributed by atoms with Gasteiger partial charge in [0.25, 0.3) is 0 Å². The van der Waals surface area contributed by atoms with Gasteiger partial charge < -0.3 is 5.11 Å². The third-order valence-corrected chi connectivity index (χ3v) is 5.54. The van der Waals surface area contributed by atoms with Crippen LogP contribution in [0.5, 0.6) is 0 Å². The molecule has 0 amide bonds. The van der Waals surface area contributed by atoms with Gasteiger partial charge in [-0.3, -0.25) is 0 Å². The predicted molar refractivity (Wildman–Crippen MR) is 117 cm³/mol. The van der Waals surface area contributed by atoms with Gasteiger partial charge in [-0.1, -0.05) is 30.3 Å². The first-order valence-corrected chi connectivity index (χ1v) is 10.1. The first-order valence-electron chi connectivity index (χ1n) is 8.68. The number of aliphatic hydroxyl groups excluding tert-OH is 1. The fraction of sp³-hybridized carbons (Fsp3) is 0.143. The highest BCUT2D eigenvalue weighted by Crippen LogP contribution is 2.37. The van der Waals surface area contributed by atoms with Crippen LogP contribution >= 0.6 is 34.2 Å². The summed E-state index contributed by atoms with van der Waals surface area (Å²) in [6.07, 6.45) is 3.82. The Kier molecular flexibility index (Phi) is 5.52. The molecule has 1 unspecified atom stereocenters. The molecule has 0 saturated carbocycles. The van der Waals surface area contributed by atoms with Crippen molar-refractivity contribution in [2.24, 2.45) is 0 Å². The molecule has 4 rings (SSSR count). The Bertz CT molecular complexity index is 1110. The number of benzene rings is 2. The number of rotatable bonds is 5. The van der Waals surface area contributed by atoms with Crippen LogP contribution in [0.4, 0.5) is 0 Å². The van der Waals surface area contributed by atoms with Crippen LogP contribution in [0.25, 0.3) is 10.9 Å². The fourth-order valence-electron chi connectivity index (χ4n) is 3.40. The molecular weight excluding hydrogens is 487 g/mol. The molecule has 7 heteroatoms. The number of hydrogen-bond donors (Lipinski definition) is 1. The maximum atomic E-state index is 10.7. The van der Waals surface area contributed by atoms with E-state index >= 15 is 0 Å².